The Morgan fingerprint density at radius 3 is 2.88 bits per heavy atom. The van der Waals surface area contributed by atoms with Crippen molar-refractivity contribution in [1.29, 1.82) is 0 Å². The van der Waals surface area contributed by atoms with Crippen LogP contribution in [0.4, 0.5) is 5.69 Å². The van der Waals surface area contributed by atoms with Gasteiger partial charge in [-0.1, -0.05) is 26.0 Å². The van der Waals surface area contributed by atoms with Crippen molar-refractivity contribution in [3.05, 3.63) is 45.7 Å². The average molecular weight is 419 g/mol. The molecule has 0 atom stereocenters. The van der Waals surface area contributed by atoms with Gasteiger partial charge in [-0.25, -0.2) is 0 Å². The zero-order chi connectivity index (χ0) is 18.7. The number of benzene rings is 1. The van der Waals surface area contributed by atoms with E-state index in [0.717, 1.165) is 36.3 Å². The lowest BCUT2D eigenvalue weighted by Crippen LogP contribution is -2.35. The van der Waals surface area contributed by atoms with Gasteiger partial charge in [0.15, 0.2) is 5.69 Å². The molecule has 0 bridgehead atoms. The number of hydrogen-bond acceptors (Lipinski definition) is 3. The monoisotopic (exact) mass is 418 g/mol. The lowest BCUT2D eigenvalue weighted by molar-refractivity contribution is -0.119. The summed E-state index contributed by atoms with van der Waals surface area (Å²) in [7, 11) is 0. The Hall–Kier alpha value is -2.15. The summed E-state index contributed by atoms with van der Waals surface area (Å²) in [6, 6.07) is 7.76. The summed E-state index contributed by atoms with van der Waals surface area (Å²) >= 11 is 3.45. The van der Waals surface area contributed by atoms with Gasteiger partial charge in [0.2, 0.25) is 5.91 Å². The van der Waals surface area contributed by atoms with Crippen LogP contribution in [0.1, 0.15) is 60.8 Å². The third kappa shape index (κ3) is 3.98. The van der Waals surface area contributed by atoms with Gasteiger partial charge in [-0.15, -0.1) is 0 Å². The highest BCUT2D eigenvalue weighted by Crippen LogP contribution is 2.26. The Bertz CT molecular complexity index is 816. The lowest BCUT2D eigenvalue weighted by atomic mass is 10.1. The number of hydrogen-bond donors (Lipinski definition) is 2. The summed E-state index contributed by atoms with van der Waals surface area (Å²) in [4.78, 5) is 26.3. The van der Waals surface area contributed by atoms with Gasteiger partial charge in [-0.2, -0.15) is 5.10 Å². The van der Waals surface area contributed by atoms with Crippen molar-refractivity contribution in [2.24, 2.45) is 0 Å². The zero-order valence-corrected chi connectivity index (χ0v) is 16.6. The van der Waals surface area contributed by atoms with Crippen molar-refractivity contribution >= 4 is 33.4 Å². The summed E-state index contributed by atoms with van der Waals surface area (Å²) in [6.07, 6.45) is 2.59. The predicted molar refractivity (Wildman–Crippen MR) is 104 cm³/mol. The summed E-state index contributed by atoms with van der Waals surface area (Å²) in [6.45, 7) is 5.21. The van der Waals surface area contributed by atoms with Gasteiger partial charge < -0.3 is 10.2 Å². The van der Waals surface area contributed by atoms with Crippen LogP contribution in [0.25, 0.3) is 0 Å². The number of carbonyl (C=O) groups excluding carboxylic acids is 2. The van der Waals surface area contributed by atoms with E-state index in [9.17, 15) is 9.59 Å². The Balaban J connectivity index is 1.67. The molecule has 2 amide bonds. The quantitative estimate of drug-likeness (QED) is 0.775. The summed E-state index contributed by atoms with van der Waals surface area (Å²) in [5.41, 5.74) is 3.10. The number of rotatable bonds is 5. The molecule has 3 rings (SSSR count). The fourth-order valence-corrected chi connectivity index (χ4v) is 3.87. The van der Waals surface area contributed by atoms with Gasteiger partial charge in [0, 0.05) is 25.2 Å². The van der Waals surface area contributed by atoms with Crippen LogP contribution in [-0.4, -0.2) is 28.6 Å². The Labute approximate surface area is 161 Å². The SMILES string of the molecule is CC(C)c1[nH]nc(C(=O)NCc2cccc(N3CCCCC3=O)c2)c1Br. The first-order valence-electron chi connectivity index (χ1n) is 8.88. The van der Waals surface area contributed by atoms with E-state index >= 15 is 0 Å². The molecule has 6 nitrogen and oxygen atoms in total. The molecule has 1 aromatic carbocycles. The van der Waals surface area contributed by atoms with Gasteiger partial charge in [0.1, 0.15) is 0 Å². The molecule has 138 valence electrons. The molecule has 1 fully saturated rings. The van der Waals surface area contributed by atoms with Crippen molar-refractivity contribution in [1.82, 2.24) is 15.5 Å². The number of nitrogens with one attached hydrogen (secondary N) is 2. The molecule has 0 unspecified atom stereocenters. The first-order chi connectivity index (χ1) is 12.5. The molecule has 26 heavy (non-hydrogen) atoms. The number of piperidine rings is 1. The number of aromatic nitrogens is 2. The molecule has 1 aliphatic heterocycles. The normalized spacial score (nSPS) is 14.8. The fourth-order valence-electron chi connectivity index (χ4n) is 3.05. The second kappa shape index (κ2) is 8.03. The largest absolute Gasteiger partial charge is 0.347 e. The summed E-state index contributed by atoms with van der Waals surface area (Å²) in [5.74, 6) is 0.177. The molecule has 1 aliphatic rings. The predicted octanol–water partition coefficient (Wildman–Crippen LogP) is 3.74. The molecular weight excluding hydrogens is 396 g/mol. The van der Waals surface area contributed by atoms with Gasteiger partial charge in [-0.05, 0) is 52.4 Å². The third-order valence-corrected chi connectivity index (χ3v) is 5.33. The first-order valence-corrected chi connectivity index (χ1v) is 9.68. The summed E-state index contributed by atoms with van der Waals surface area (Å²) < 4.78 is 0.706. The molecule has 0 radical (unpaired) electrons. The number of aromatic amines is 1. The van der Waals surface area contributed by atoms with Crippen LogP contribution in [-0.2, 0) is 11.3 Å². The fraction of sp³-hybridized carbons (Fsp3) is 0.421. The third-order valence-electron chi connectivity index (χ3n) is 4.52. The topological polar surface area (TPSA) is 78.1 Å². The maximum absolute atomic E-state index is 12.4. The highest BCUT2D eigenvalue weighted by molar-refractivity contribution is 9.10. The van der Waals surface area contributed by atoms with Crippen molar-refractivity contribution < 1.29 is 9.59 Å². The molecule has 2 heterocycles. The van der Waals surface area contributed by atoms with Crippen LogP contribution in [0.15, 0.2) is 28.7 Å². The number of H-pyrrole nitrogens is 1. The molecule has 2 N–H and O–H groups in total. The standard InChI is InChI=1S/C19H23BrN4O2/c1-12(2)17-16(20)18(23-22-17)19(26)21-11-13-6-5-7-14(10-13)24-9-4-3-8-15(24)25/h5-7,10,12H,3-4,8-9,11H2,1-2H3,(H,21,26)(H,22,23). The van der Waals surface area contributed by atoms with E-state index in [1.807, 2.05) is 43.0 Å². The number of amides is 2. The minimum atomic E-state index is -0.237. The van der Waals surface area contributed by atoms with Gasteiger partial charge in [0.25, 0.3) is 5.91 Å². The maximum Gasteiger partial charge on any atom is 0.273 e. The molecular formula is C19H23BrN4O2. The number of carbonyl (C=O) groups is 2. The van der Waals surface area contributed by atoms with Crippen LogP contribution >= 0.6 is 15.9 Å². The van der Waals surface area contributed by atoms with Crippen molar-refractivity contribution in [3.8, 4) is 0 Å². The molecule has 7 heteroatoms. The average Bonchev–Trinajstić information content (AvgIpc) is 3.02. The van der Waals surface area contributed by atoms with E-state index in [4.69, 9.17) is 0 Å². The van der Waals surface area contributed by atoms with E-state index in [-0.39, 0.29) is 17.7 Å². The first kappa shape index (κ1) is 18.6. The zero-order valence-electron chi connectivity index (χ0n) is 15.0. The minimum absolute atomic E-state index is 0.166. The highest BCUT2D eigenvalue weighted by atomic mass is 79.9. The van der Waals surface area contributed by atoms with Gasteiger partial charge >= 0.3 is 0 Å². The second-order valence-corrected chi connectivity index (χ2v) is 7.60. The molecule has 1 aromatic heterocycles. The van der Waals surface area contributed by atoms with Gasteiger partial charge in [0.05, 0.1) is 10.2 Å². The maximum atomic E-state index is 12.4. The van der Waals surface area contributed by atoms with Crippen molar-refractivity contribution in [2.75, 3.05) is 11.4 Å². The Kier molecular flexibility index (Phi) is 5.76. The number of anilines is 1. The summed E-state index contributed by atoms with van der Waals surface area (Å²) in [5, 5.41) is 9.92. The van der Waals surface area contributed by atoms with Crippen molar-refractivity contribution in [2.45, 2.75) is 45.6 Å². The second-order valence-electron chi connectivity index (χ2n) is 6.81. The van der Waals surface area contributed by atoms with Crippen LogP contribution in [0, 0.1) is 0 Å². The number of halogens is 1. The molecule has 0 spiro atoms. The molecule has 0 aliphatic carbocycles. The van der Waals surface area contributed by atoms with E-state index in [1.165, 1.54) is 0 Å². The van der Waals surface area contributed by atoms with E-state index in [2.05, 4.69) is 31.4 Å². The van der Waals surface area contributed by atoms with E-state index in [0.29, 0.717) is 23.1 Å². The minimum Gasteiger partial charge on any atom is -0.347 e. The van der Waals surface area contributed by atoms with Crippen LogP contribution in [0.3, 0.4) is 0 Å². The van der Waals surface area contributed by atoms with E-state index < -0.39 is 0 Å². The lowest BCUT2D eigenvalue weighted by Gasteiger charge is -2.27. The van der Waals surface area contributed by atoms with Crippen LogP contribution < -0.4 is 10.2 Å². The number of nitrogens with zero attached hydrogens (tertiary/aromatic N) is 2. The molecule has 2 aromatic rings. The smallest absolute Gasteiger partial charge is 0.273 e. The van der Waals surface area contributed by atoms with Crippen LogP contribution in [0.2, 0.25) is 0 Å². The van der Waals surface area contributed by atoms with Crippen LogP contribution in [0.5, 0.6) is 0 Å². The van der Waals surface area contributed by atoms with E-state index in [1.54, 1.807) is 0 Å². The molecule has 0 saturated carbocycles. The Morgan fingerprint density at radius 1 is 1.38 bits per heavy atom. The highest BCUT2D eigenvalue weighted by Gasteiger charge is 2.21. The molecule has 1 saturated heterocycles. The van der Waals surface area contributed by atoms with Crippen molar-refractivity contribution in [3.63, 3.8) is 0 Å². The Morgan fingerprint density at radius 2 is 2.19 bits per heavy atom. The van der Waals surface area contributed by atoms with Gasteiger partial charge in [-0.3, -0.25) is 14.7 Å².